The zero-order valence-corrected chi connectivity index (χ0v) is 11.9. The van der Waals surface area contributed by atoms with Crippen LogP contribution in [0, 0.1) is 12.3 Å². The minimum Gasteiger partial charge on any atom is -0.281 e. The van der Waals surface area contributed by atoms with Gasteiger partial charge in [-0.1, -0.05) is 5.92 Å². The first-order valence-electron chi connectivity index (χ1n) is 5.56. The molecular formula is C13H7BrF3N3O. The molecule has 2 heterocycles. The molecule has 0 radical (unpaired) electrons. The monoisotopic (exact) mass is 357 g/mol. The van der Waals surface area contributed by atoms with Crippen molar-refractivity contribution in [3.63, 3.8) is 0 Å². The molecule has 2 aromatic heterocycles. The maximum atomic E-state index is 12.8. The second-order valence-electron chi connectivity index (χ2n) is 3.98. The van der Waals surface area contributed by atoms with Crippen LogP contribution in [0.2, 0.25) is 0 Å². The standard InChI is InChI=1S/C13H7BrF3N3O/c1-2-3-20-11(21)5-10(13(15,16)17)19-12(20)8-4-9(14)7-18-6-8/h1,4-7H,3H2. The summed E-state index contributed by atoms with van der Waals surface area (Å²) in [7, 11) is 0. The van der Waals surface area contributed by atoms with Gasteiger partial charge in [-0.15, -0.1) is 6.42 Å². The van der Waals surface area contributed by atoms with Crippen LogP contribution in [0.25, 0.3) is 11.4 Å². The van der Waals surface area contributed by atoms with Crippen molar-refractivity contribution in [1.82, 2.24) is 14.5 Å². The van der Waals surface area contributed by atoms with E-state index in [-0.39, 0.29) is 17.9 Å². The van der Waals surface area contributed by atoms with Crippen LogP contribution in [0.5, 0.6) is 0 Å². The van der Waals surface area contributed by atoms with Gasteiger partial charge in [-0.05, 0) is 22.0 Å². The molecule has 0 bridgehead atoms. The smallest absolute Gasteiger partial charge is 0.281 e. The lowest BCUT2D eigenvalue weighted by molar-refractivity contribution is -0.141. The van der Waals surface area contributed by atoms with Gasteiger partial charge in [-0.3, -0.25) is 14.3 Å². The van der Waals surface area contributed by atoms with Gasteiger partial charge >= 0.3 is 6.18 Å². The van der Waals surface area contributed by atoms with Crippen molar-refractivity contribution < 1.29 is 13.2 Å². The van der Waals surface area contributed by atoms with Gasteiger partial charge in [0.05, 0.1) is 6.54 Å². The molecule has 0 spiro atoms. The quantitative estimate of drug-likeness (QED) is 0.776. The normalized spacial score (nSPS) is 11.2. The zero-order chi connectivity index (χ0) is 15.6. The van der Waals surface area contributed by atoms with Gasteiger partial charge in [0.1, 0.15) is 5.82 Å². The molecule has 0 fully saturated rings. The predicted octanol–water partition coefficient (Wildman–Crippen LogP) is 2.72. The summed E-state index contributed by atoms with van der Waals surface area (Å²) in [5.41, 5.74) is -1.89. The number of hydrogen-bond acceptors (Lipinski definition) is 3. The van der Waals surface area contributed by atoms with E-state index in [0.29, 0.717) is 10.5 Å². The van der Waals surface area contributed by atoms with E-state index in [1.54, 1.807) is 0 Å². The molecule has 0 aromatic carbocycles. The molecule has 0 aliphatic heterocycles. The number of aromatic nitrogens is 3. The first-order chi connectivity index (χ1) is 9.82. The lowest BCUT2D eigenvalue weighted by atomic mass is 10.2. The molecule has 8 heteroatoms. The zero-order valence-electron chi connectivity index (χ0n) is 10.4. The summed E-state index contributed by atoms with van der Waals surface area (Å²) in [6.07, 6.45) is 3.19. The Morgan fingerprint density at radius 2 is 2.05 bits per heavy atom. The summed E-state index contributed by atoms with van der Waals surface area (Å²) in [6, 6.07) is 1.92. The highest BCUT2D eigenvalue weighted by Crippen LogP contribution is 2.28. The Morgan fingerprint density at radius 1 is 1.33 bits per heavy atom. The third-order valence-electron chi connectivity index (χ3n) is 2.51. The van der Waals surface area contributed by atoms with Crippen LogP contribution in [-0.2, 0) is 12.7 Å². The van der Waals surface area contributed by atoms with Crippen LogP contribution < -0.4 is 5.56 Å². The fourth-order valence-electron chi connectivity index (χ4n) is 1.65. The Hall–Kier alpha value is -2.14. The summed E-state index contributed by atoms with van der Waals surface area (Å²) < 4.78 is 39.9. The molecule has 2 rings (SSSR count). The molecular weight excluding hydrogens is 351 g/mol. The van der Waals surface area contributed by atoms with Crippen molar-refractivity contribution in [2.45, 2.75) is 12.7 Å². The van der Waals surface area contributed by atoms with E-state index in [1.807, 2.05) is 0 Å². The number of rotatable bonds is 2. The maximum absolute atomic E-state index is 12.8. The van der Waals surface area contributed by atoms with E-state index in [1.165, 1.54) is 18.5 Å². The van der Waals surface area contributed by atoms with Crippen LogP contribution in [-0.4, -0.2) is 14.5 Å². The number of hydrogen-bond donors (Lipinski definition) is 0. The van der Waals surface area contributed by atoms with Crippen molar-refractivity contribution in [2.75, 3.05) is 0 Å². The van der Waals surface area contributed by atoms with Gasteiger partial charge in [-0.2, -0.15) is 13.2 Å². The molecule has 2 aromatic rings. The first-order valence-corrected chi connectivity index (χ1v) is 6.35. The Labute approximate surface area is 125 Å². The summed E-state index contributed by atoms with van der Waals surface area (Å²) >= 11 is 3.16. The van der Waals surface area contributed by atoms with Crippen molar-refractivity contribution >= 4 is 15.9 Å². The van der Waals surface area contributed by atoms with Gasteiger partial charge < -0.3 is 0 Å². The molecule has 0 saturated carbocycles. The third kappa shape index (κ3) is 3.31. The lowest BCUT2D eigenvalue weighted by Gasteiger charge is -2.13. The van der Waals surface area contributed by atoms with E-state index in [4.69, 9.17) is 6.42 Å². The first kappa shape index (κ1) is 15.3. The number of terminal acetylenes is 1. The van der Waals surface area contributed by atoms with Gasteiger partial charge in [-0.25, -0.2) is 4.98 Å². The second kappa shape index (κ2) is 5.69. The minimum absolute atomic E-state index is 0.179. The second-order valence-corrected chi connectivity index (χ2v) is 4.90. The van der Waals surface area contributed by atoms with Crippen LogP contribution in [0.4, 0.5) is 13.2 Å². The molecule has 108 valence electrons. The van der Waals surface area contributed by atoms with Gasteiger partial charge in [0.15, 0.2) is 5.69 Å². The van der Waals surface area contributed by atoms with Gasteiger partial charge in [0, 0.05) is 28.5 Å². The number of nitrogens with zero attached hydrogens (tertiary/aromatic N) is 3. The molecule has 0 N–H and O–H groups in total. The minimum atomic E-state index is -4.72. The highest BCUT2D eigenvalue weighted by atomic mass is 79.9. The van der Waals surface area contributed by atoms with Crippen molar-refractivity contribution in [3.05, 3.63) is 45.0 Å². The predicted molar refractivity (Wildman–Crippen MR) is 73.3 cm³/mol. The summed E-state index contributed by atoms with van der Waals surface area (Å²) in [4.78, 5) is 19.2. The fraction of sp³-hybridized carbons (Fsp3) is 0.154. The molecule has 4 nitrogen and oxygen atoms in total. The largest absolute Gasteiger partial charge is 0.433 e. The summed E-state index contributed by atoms with van der Waals surface area (Å²) in [6.45, 7) is -0.189. The Morgan fingerprint density at radius 3 is 2.62 bits per heavy atom. The summed E-state index contributed by atoms with van der Waals surface area (Å²) in [5.74, 6) is 2.04. The van der Waals surface area contributed by atoms with Crippen LogP contribution >= 0.6 is 15.9 Å². The average molecular weight is 358 g/mol. The van der Waals surface area contributed by atoms with Gasteiger partial charge in [0.2, 0.25) is 0 Å². The lowest BCUT2D eigenvalue weighted by Crippen LogP contribution is -2.26. The van der Waals surface area contributed by atoms with Crippen LogP contribution in [0.1, 0.15) is 5.69 Å². The van der Waals surface area contributed by atoms with E-state index in [9.17, 15) is 18.0 Å². The Balaban J connectivity index is 2.75. The summed E-state index contributed by atoms with van der Waals surface area (Å²) in [5, 5.41) is 0. The van der Waals surface area contributed by atoms with E-state index in [0.717, 1.165) is 4.57 Å². The van der Waals surface area contributed by atoms with Crippen molar-refractivity contribution in [2.24, 2.45) is 0 Å². The Bertz CT molecular complexity index is 777. The van der Waals surface area contributed by atoms with E-state index < -0.39 is 17.4 Å². The highest BCUT2D eigenvalue weighted by Gasteiger charge is 2.34. The van der Waals surface area contributed by atoms with Crippen molar-refractivity contribution in [1.29, 1.82) is 0 Å². The number of alkyl halides is 3. The average Bonchev–Trinajstić information content (AvgIpc) is 2.39. The molecule has 21 heavy (non-hydrogen) atoms. The molecule has 0 saturated heterocycles. The maximum Gasteiger partial charge on any atom is 0.433 e. The molecule has 0 atom stereocenters. The molecule has 0 unspecified atom stereocenters. The molecule has 0 aliphatic carbocycles. The highest BCUT2D eigenvalue weighted by molar-refractivity contribution is 9.10. The van der Waals surface area contributed by atoms with E-state index in [2.05, 4.69) is 31.8 Å². The number of pyridine rings is 1. The third-order valence-corrected chi connectivity index (χ3v) is 2.94. The SMILES string of the molecule is C#CCn1c(-c2cncc(Br)c2)nc(C(F)(F)F)cc1=O. The number of halogens is 4. The fourth-order valence-corrected chi connectivity index (χ4v) is 2.01. The van der Waals surface area contributed by atoms with Crippen LogP contribution in [0.15, 0.2) is 33.8 Å². The van der Waals surface area contributed by atoms with Crippen molar-refractivity contribution in [3.8, 4) is 23.7 Å². The van der Waals surface area contributed by atoms with E-state index >= 15 is 0 Å². The molecule has 0 amide bonds. The Kier molecular flexibility index (Phi) is 4.14. The topological polar surface area (TPSA) is 47.8 Å². The van der Waals surface area contributed by atoms with Crippen LogP contribution in [0.3, 0.4) is 0 Å². The van der Waals surface area contributed by atoms with Gasteiger partial charge in [0.25, 0.3) is 5.56 Å². The molecule has 0 aliphatic rings.